The molecule has 0 aliphatic rings. The molecular weight excluding hydrogens is 262 g/mol. The van der Waals surface area contributed by atoms with E-state index in [4.69, 9.17) is 21.4 Å². The van der Waals surface area contributed by atoms with Crippen molar-refractivity contribution in [1.82, 2.24) is 4.98 Å². The van der Waals surface area contributed by atoms with Crippen LogP contribution in [0.25, 0.3) is 0 Å². The van der Waals surface area contributed by atoms with Gasteiger partial charge in [0.05, 0.1) is 6.61 Å². The summed E-state index contributed by atoms with van der Waals surface area (Å²) in [5.41, 5.74) is 1.94. The second-order valence-electron chi connectivity index (χ2n) is 4.28. The Morgan fingerprint density at radius 1 is 1.21 bits per heavy atom. The number of aliphatic hydroxyl groups excluding tert-OH is 1. The molecular formula is C15H16ClNO2. The molecule has 1 aromatic heterocycles. The summed E-state index contributed by atoms with van der Waals surface area (Å²) < 4.78 is 5.62. The molecule has 0 fully saturated rings. The number of pyridine rings is 1. The van der Waals surface area contributed by atoms with Crippen molar-refractivity contribution in [2.75, 3.05) is 0 Å². The van der Waals surface area contributed by atoms with Crippen molar-refractivity contribution in [2.24, 2.45) is 0 Å². The van der Waals surface area contributed by atoms with E-state index >= 15 is 0 Å². The van der Waals surface area contributed by atoms with E-state index in [1.807, 2.05) is 24.3 Å². The van der Waals surface area contributed by atoms with E-state index in [-0.39, 0.29) is 6.61 Å². The summed E-state index contributed by atoms with van der Waals surface area (Å²) in [6.07, 6.45) is 3.73. The Hall–Kier alpha value is -1.58. The van der Waals surface area contributed by atoms with Gasteiger partial charge in [0, 0.05) is 6.20 Å². The Morgan fingerprint density at radius 3 is 2.53 bits per heavy atom. The lowest BCUT2D eigenvalue weighted by atomic mass is 10.1. The summed E-state index contributed by atoms with van der Waals surface area (Å²) in [4.78, 5) is 4.09. The van der Waals surface area contributed by atoms with Crippen LogP contribution in [0, 0.1) is 0 Å². The molecule has 1 heterocycles. The lowest BCUT2D eigenvalue weighted by Gasteiger charge is -2.08. The summed E-state index contributed by atoms with van der Waals surface area (Å²) in [6.45, 7) is 2.07. The molecule has 0 spiro atoms. The van der Waals surface area contributed by atoms with Gasteiger partial charge in [0.25, 0.3) is 0 Å². The molecule has 2 aromatic rings. The van der Waals surface area contributed by atoms with Crippen molar-refractivity contribution in [3.8, 4) is 11.6 Å². The molecule has 3 nitrogen and oxygen atoms in total. The van der Waals surface area contributed by atoms with Gasteiger partial charge in [-0.05, 0) is 35.7 Å². The van der Waals surface area contributed by atoms with Crippen LogP contribution in [-0.4, -0.2) is 10.1 Å². The number of nitrogens with zero attached hydrogens (tertiary/aromatic N) is 1. The van der Waals surface area contributed by atoms with E-state index in [0.29, 0.717) is 22.2 Å². The van der Waals surface area contributed by atoms with Crippen LogP contribution in [0.5, 0.6) is 11.6 Å². The Bertz CT molecular complexity index is 540. The third-order valence-corrected chi connectivity index (χ3v) is 2.99. The van der Waals surface area contributed by atoms with Gasteiger partial charge in [0.1, 0.15) is 10.8 Å². The van der Waals surface area contributed by atoms with Crippen molar-refractivity contribution in [3.05, 3.63) is 52.7 Å². The van der Waals surface area contributed by atoms with E-state index in [2.05, 4.69) is 11.9 Å². The maximum Gasteiger partial charge on any atom is 0.238 e. The van der Waals surface area contributed by atoms with Crippen LogP contribution >= 0.6 is 11.6 Å². The molecule has 4 heteroatoms. The first kappa shape index (κ1) is 13.8. The maximum absolute atomic E-state index is 8.98. The van der Waals surface area contributed by atoms with Crippen LogP contribution in [0.4, 0.5) is 0 Å². The molecule has 0 unspecified atom stereocenters. The lowest BCUT2D eigenvalue weighted by Crippen LogP contribution is -1.92. The fourth-order valence-electron chi connectivity index (χ4n) is 1.75. The van der Waals surface area contributed by atoms with Gasteiger partial charge in [-0.1, -0.05) is 37.1 Å². The van der Waals surface area contributed by atoms with Crippen LogP contribution in [0.15, 0.2) is 36.5 Å². The normalized spacial score (nSPS) is 10.5. The molecule has 1 N–H and O–H groups in total. The number of benzene rings is 1. The minimum atomic E-state index is -0.0846. The molecule has 0 radical (unpaired) electrons. The minimum absolute atomic E-state index is 0.0846. The van der Waals surface area contributed by atoms with Crippen LogP contribution < -0.4 is 4.74 Å². The summed E-state index contributed by atoms with van der Waals surface area (Å²) in [7, 11) is 0. The minimum Gasteiger partial charge on any atom is -0.438 e. The average Bonchev–Trinajstić information content (AvgIpc) is 2.43. The van der Waals surface area contributed by atoms with Crippen LogP contribution in [0.2, 0.25) is 5.02 Å². The molecule has 0 aliphatic heterocycles. The van der Waals surface area contributed by atoms with Gasteiger partial charge in [0.15, 0.2) is 0 Å². The lowest BCUT2D eigenvalue weighted by molar-refractivity contribution is 0.281. The number of rotatable bonds is 5. The monoisotopic (exact) mass is 277 g/mol. The number of hydrogen-bond acceptors (Lipinski definition) is 3. The average molecular weight is 278 g/mol. The zero-order valence-corrected chi connectivity index (χ0v) is 11.5. The van der Waals surface area contributed by atoms with Crippen molar-refractivity contribution in [1.29, 1.82) is 0 Å². The van der Waals surface area contributed by atoms with Gasteiger partial charge in [0.2, 0.25) is 5.88 Å². The predicted octanol–water partition coefficient (Wildman–Crippen LogP) is 3.97. The number of aryl methyl sites for hydroxylation is 1. The third kappa shape index (κ3) is 3.69. The molecule has 0 bridgehead atoms. The third-order valence-electron chi connectivity index (χ3n) is 2.72. The zero-order valence-electron chi connectivity index (χ0n) is 10.8. The largest absolute Gasteiger partial charge is 0.438 e. The number of aliphatic hydroxyl groups is 1. The first-order valence-corrected chi connectivity index (χ1v) is 6.62. The van der Waals surface area contributed by atoms with E-state index in [9.17, 15) is 0 Å². The summed E-state index contributed by atoms with van der Waals surface area (Å²) in [5, 5.41) is 9.38. The quantitative estimate of drug-likeness (QED) is 0.899. The molecule has 1 aromatic carbocycles. The van der Waals surface area contributed by atoms with Gasteiger partial charge >= 0.3 is 0 Å². The highest BCUT2D eigenvalue weighted by Gasteiger charge is 2.06. The Morgan fingerprint density at radius 2 is 1.95 bits per heavy atom. The Balaban J connectivity index is 2.12. The highest BCUT2D eigenvalue weighted by atomic mass is 35.5. The summed E-state index contributed by atoms with van der Waals surface area (Å²) in [6, 6.07) is 9.53. The van der Waals surface area contributed by atoms with Crippen LogP contribution in [-0.2, 0) is 13.0 Å². The van der Waals surface area contributed by atoms with Crippen molar-refractivity contribution in [3.63, 3.8) is 0 Å². The highest BCUT2D eigenvalue weighted by molar-refractivity contribution is 6.31. The van der Waals surface area contributed by atoms with E-state index in [1.54, 1.807) is 12.3 Å². The standard InChI is InChI=1S/C15H16ClNO2/c1-2-3-11-4-6-13(7-5-11)19-15-14(16)8-12(10-18)9-17-15/h4-9,18H,2-3,10H2,1H3. The van der Waals surface area contributed by atoms with Gasteiger partial charge in [-0.3, -0.25) is 0 Å². The van der Waals surface area contributed by atoms with E-state index in [1.165, 1.54) is 5.56 Å². The molecule has 0 amide bonds. The second-order valence-corrected chi connectivity index (χ2v) is 4.69. The zero-order chi connectivity index (χ0) is 13.7. The smallest absolute Gasteiger partial charge is 0.238 e. The van der Waals surface area contributed by atoms with Crippen molar-refractivity contribution >= 4 is 11.6 Å². The number of hydrogen-bond donors (Lipinski definition) is 1. The first-order valence-electron chi connectivity index (χ1n) is 6.25. The molecule has 0 saturated carbocycles. The predicted molar refractivity (Wildman–Crippen MR) is 75.7 cm³/mol. The topological polar surface area (TPSA) is 42.4 Å². The Kier molecular flexibility index (Phi) is 4.77. The fourth-order valence-corrected chi connectivity index (χ4v) is 1.98. The van der Waals surface area contributed by atoms with Gasteiger partial charge in [-0.25, -0.2) is 4.98 Å². The van der Waals surface area contributed by atoms with Gasteiger partial charge < -0.3 is 9.84 Å². The van der Waals surface area contributed by atoms with Crippen LogP contribution in [0.1, 0.15) is 24.5 Å². The SMILES string of the molecule is CCCc1ccc(Oc2ncc(CO)cc2Cl)cc1. The number of ether oxygens (including phenoxy) is 1. The molecule has 100 valence electrons. The fraction of sp³-hybridized carbons (Fsp3) is 0.267. The van der Waals surface area contributed by atoms with Gasteiger partial charge in [-0.15, -0.1) is 0 Å². The molecule has 0 atom stereocenters. The Labute approximate surface area is 117 Å². The molecule has 19 heavy (non-hydrogen) atoms. The van der Waals surface area contributed by atoms with Crippen molar-refractivity contribution in [2.45, 2.75) is 26.4 Å². The first-order chi connectivity index (χ1) is 9.22. The van der Waals surface area contributed by atoms with Gasteiger partial charge in [-0.2, -0.15) is 0 Å². The summed E-state index contributed by atoms with van der Waals surface area (Å²) in [5.74, 6) is 1.05. The highest BCUT2D eigenvalue weighted by Crippen LogP contribution is 2.27. The second kappa shape index (κ2) is 6.55. The number of halogens is 1. The van der Waals surface area contributed by atoms with Crippen LogP contribution in [0.3, 0.4) is 0 Å². The van der Waals surface area contributed by atoms with Crippen molar-refractivity contribution < 1.29 is 9.84 Å². The molecule has 0 saturated heterocycles. The summed E-state index contributed by atoms with van der Waals surface area (Å²) >= 11 is 6.04. The van der Waals surface area contributed by atoms with E-state index in [0.717, 1.165) is 12.8 Å². The molecule has 0 aliphatic carbocycles. The number of aromatic nitrogens is 1. The maximum atomic E-state index is 8.98. The molecule has 2 rings (SSSR count). The van der Waals surface area contributed by atoms with E-state index < -0.39 is 0 Å².